The third-order valence-electron chi connectivity index (χ3n) is 1.53. The molecule has 2 N–H and O–H groups in total. The van der Waals surface area contributed by atoms with Crippen molar-refractivity contribution in [1.29, 1.82) is 0 Å². The molecule has 0 radical (unpaired) electrons. The van der Waals surface area contributed by atoms with Crippen molar-refractivity contribution in [3.8, 4) is 0 Å². The highest BCUT2D eigenvalue weighted by Gasteiger charge is 2.11. The number of halogens is 4. The van der Waals surface area contributed by atoms with Crippen LogP contribution in [0.1, 0.15) is 18.5 Å². The molecule has 1 nitrogen and oxygen atoms in total. The minimum Gasteiger partial charge on any atom is -0.324 e. The fraction of sp³-hybridized carbons (Fsp3) is 0.250. The predicted molar refractivity (Wildman–Crippen MR) is 46.2 cm³/mol. The standard InChI is InChI=1S/C8H8F3N.ClH/c1-4(12)5-2-6(9)8(11)7(10)3-5;/h2-4H,12H2,1H3;1H/t4-;/m1./s1. The Bertz CT molecular complexity index is 278. The van der Waals surface area contributed by atoms with Crippen molar-refractivity contribution >= 4 is 12.4 Å². The second-order valence-corrected chi connectivity index (χ2v) is 2.59. The van der Waals surface area contributed by atoms with E-state index in [1.807, 2.05) is 0 Å². The molecule has 0 bridgehead atoms. The van der Waals surface area contributed by atoms with Gasteiger partial charge in [-0.1, -0.05) is 0 Å². The van der Waals surface area contributed by atoms with Crippen LogP contribution < -0.4 is 5.73 Å². The fourth-order valence-electron chi connectivity index (χ4n) is 0.838. The summed E-state index contributed by atoms with van der Waals surface area (Å²) in [7, 11) is 0. The van der Waals surface area contributed by atoms with Gasteiger partial charge in [0.25, 0.3) is 0 Å². The summed E-state index contributed by atoms with van der Waals surface area (Å²) in [5.74, 6) is -3.87. The van der Waals surface area contributed by atoms with Crippen LogP contribution in [0.4, 0.5) is 13.2 Å². The van der Waals surface area contributed by atoms with Gasteiger partial charge in [0.2, 0.25) is 0 Å². The quantitative estimate of drug-likeness (QED) is 0.710. The fourth-order valence-corrected chi connectivity index (χ4v) is 0.838. The Morgan fingerprint density at radius 2 is 1.54 bits per heavy atom. The molecule has 74 valence electrons. The molecule has 5 heteroatoms. The lowest BCUT2D eigenvalue weighted by Gasteiger charge is -2.05. The van der Waals surface area contributed by atoms with E-state index in [-0.39, 0.29) is 18.0 Å². The monoisotopic (exact) mass is 211 g/mol. The Balaban J connectivity index is 0.00000144. The summed E-state index contributed by atoms with van der Waals surface area (Å²) >= 11 is 0. The van der Waals surface area contributed by atoms with E-state index in [0.717, 1.165) is 12.1 Å². The molecule has 0 aliphatic carbocycles. The van der Waals surface area contributed by atoms with Gasteiger partial charge in [-0.25, -0.2) is 13.2 Å². The molecule has 0 heterocycles. The molecule has 0 spiro atoms. The number of benzene rings is 1. The second kappa shape index (κ2) is 4.48. The van der Waals surface area contributed by atoms with Crippen molar-refractivity contribution in [3.05, 3.63) is 35.1 Å². The van der Waals surface area contributed by atoms with Crippen LogP contribution >= 0.6 is 12.4 Å². The van der Waals surface area contributed by atoms with Gasteiger partial charge in [-0.15, -0.1) is 12.4 Å². The third kappa shape index (κ3) is 2.60. The van der Waals surface area contributed by atoms with E-state index in [2.05, 4.69) is 0 Å². The lowest BCUT2D eigenvalue weighted by Crippen LogP contribution is -2.07. The normalized spacial score (nSPS) is 12.1. The van der Waals surface area contributed by atoms with Gasteiger partial charge < -0.3 is 5.73 Å². The maximum atomic E-state index is 12.5. The summed E-state index contributed by atoms with van der Waals surface area (Å²) in [5, 5.41) is 0. The van der Waals surface area contributed by atoms with Gasteiger partial charge in [-0.05, 0) is 24.6 Å². The summed E-state index contributed by atoms with van der Waals surface area (Å²) in [4.78, 5) is 0. The van der Waals surface area contributed by atoms with E-state index in [9.17, 15) is 13.2 Å². The van der Waals surface area contributed by atoms with Crippen molar-refractivity contribution in [3.63, 3.8) is 0 Å². The molecule has 0 amide bonds. The van der Waals surface area contributed by atoms with E-state index in [4.69, 9.17) is 5.73 Å². The Hall–Kier alpha value is -0.740. The first-order chi connectivity index (χ1) is 5.52. The third-order valence-corrected chi connectivity index (χ3v) is 1.53. The van der Waals surface area contributed by atoms with Crippen LogP contribution in [-0.2, 0) is 0 Å². The summed E-state index contributed by atoms with van der Waals surface area (Å²) in [6.45, 7) is 1.56. The van der Waals surface area contributed by atoms with Crippen molar-refractivity contribution in [2.75, 3.05) is 0 Å². The van der Waals surface area contributed by atoms with Crippen LogP contribution in [0, 0.1) is 17.5 Å². The lowest BCUT2D eigenvalue weighted by atomic mass is 10.1. The molecule has 1 rings (SSSR count). The van der Waals surface area contributed by atoms with E-state index >= 15 is 0 Å². The molecule has 1 aromatic rings. The molecule has 0 aliphatic rings. The van der Waals surface area contributed by atoms with Gasteiger partial charge in [-0.2, -0.15) is 0 Å². The molecule has 0 saturated heterocycles. The average molecular weight is 212 g/mol. The number of rotatable bonds is 1. The zero-order chi connectivity index (χ0) is 9.30. The molecule has 0 saturated carbocycles. The highest BCUT2D eigenvalue weighted by molar-refractivity contribution is 5.85. The molecular weight excluding hydrogens is 203 g/mol. The second-order valence-electron chi connectivity index (χ2n) is 2.59. The largest absolute Gasteiger partial charge is 0.324 e. The van der Waals surface area contributed by atoms with Crippen molar-refractivity contribution in [1.82, 2.24) is 0 Å². The van der Waals surface area contributed by atoms with Gasteiger partial charge in [-0.3, -0.25) is 0 Å². The topological polar surface area (TPSA) is 26.0 Å². The van der Waals surface area contributed by atoms with Gasteiger partial charge in [0, 0.05) is 6.04 Å². The van der Waals surface area contributed by atoms with Crippen molar-refractivity contribution in [2.45, 2.75) is 13.0 Å². The number of hydrogen-bond acceptors (Lipinski definition) is 1. The number of nitrogens with two attached hydrogens (primary N) is 1. The molecule has 0 aromatic heterocycles. The highest BCUT2D eigenvalue weighted by atomic mass is 35.5. The summed E-state index contributed by atoms with van der Waals surface area (Å²) in [5.41, 5.74) is 5.59. The van der Waals surface area contributed by atoms with Crippen molar-refractivity contribution < 1.29 is 13.2 Å². The van der Waals surface area contributed by atoms with E-state index in [0.29, 0.717) is 0 Å². The first kappa shape index (κ1) is 12.3. The summed E-state index contributed by atoms with van der Waals surface area (Å²) < 4.78 is 37.4. The van der Waals surface area contributed by atoms with Crippen LogP contribution in [0.3, 0.4) is 0 Å². The first-order valence-electron chi connectivity index (χ1n) is 3.42. The zero-order valence-electron chi connectivity index (χ0n) is 6.85. The molecule has 0 fully saturated rings. The smallest absolute Gasteiger partial charge is 0.194 e. The molecule has 1 aromatic carbocycles. The molecule has 1 atom stereocenters. The maximum absolute atomic E-state index is 12.5. The van der Waals surface area contributed by atoms with Crippen LogP contribution in [-0.4, -0.2) is 0 Å². The Kier molecular flexibility index (Phi) is 4.23. The lowest BCUT2D eigenvalue weighted by molar-refractivity contribution is 0.444. The highest BCUT2D eigenvalue weighted by Crippen LogP contribution is 2.17. The summed E-state index contributed by atoms with van der Waals surface area (Å²) in [6.07, 6.45) is 0. The van der Waals surface area contributed by atoms with Crippen LogP contribution in [0.2, 0.25) is 0 Å². The van der Waals surface area contributed by atoms with E-state index < -0.39 is 23.5 Å². The molecule has 13 heavy (non-hydrogen) atoms. The van der Waals surface area contributed by atoms with Gasteiger partial charge in [0.05, 0.1) is 0 Å². The van der Waals surface area contributed by atoms with E-state index in [1.54, 1.807) is 6.92 Å². The van der Waals surface area contributed by atoms with Crippen LogP contribution in [0.15, 0.2) is 12.1 Å². The zero-order valence-corrected chi connectivity index (χ0v) is 7.67. The van der Waals surface area contributed by atoms with Gasteiger partial charge in [0.15, 0.2) is 17.5 Å². The minimum absolute atomic E-state index is 0. The predicted octanol–water partition coefficient (Wildman–Crippen LogP) is 2.55. The molecular formula is C8H9ClF3N. The SMILES string of the molecule is C[C@@H](N)c1cc(F)c(F)c(F)c1.Cl. The Labute approximate surface area is 80.2 Å². The number of hydrogen-bond donors (Lipinski definition) is 1. The molecule has 0 unspecified atom stereocenters. The Morgan fingerprint density at radius 3 is 1.85 bits per heavy atom. The van der Waals surface area contributed by atoms with Gasteiger partial charge >= 0.3 is 0 Å². The average Bonchev–Trinajstić information content (AvgIpc) is 1.99. The van der Waals surface area contributed by atoms with Crippen LogP contribution in [0.5, 0.6) is 0 Å². The van der Waals surface area contributed by atoms with Crippen molar-refractivity contribution in [2.24, 2.45) is 5.73 Å². The molecule has 0 aliphatic heterocycles. The maximum Gasteiger partial charge on any atom is 0.194 e. The minimum atomic E-state index is -1.46. The van der Waals surface area contributed by atoms with Gasteiger partial charge in [0.1, 0.15) is 0 Å². The first-order valence-corrected chi connectivity index (χ1v) is 3.42. The Morgan fingerprint density at radius 1 is 1.15 bits per heavy atom. The van der Waals surface area contributed by atoms with E-state index in [1.165, 1.54) is 0 Å². The van der Waals surface area contributed by atoms with Crippen LogP contribution in [0.25, 0.3) is 0 Å². The summed E-state index contributed by atoms with van der Waals surface area (Å²) in [6, 6.07) is 1.28.